The molecule has 0 spiro atoms. The smallest absolute Gasteiger partial charge is 0.306 e. The van der Waals surface area contributed by atoms with E-state index in [-0.39, 0.29) is 29.5 Å². The minimum atomic E-state index is -0.603. The van der Waals surface area contributed by atoms with E-state index in [4.69, 9.17) is 4.74 Å². The lowest BCUT2D eigenvalue weighted by Crippen LogP contribution is -2.32. The lowest BCUT2D eigenvalue weighted by atomic mass is 9.79. The third-order valence-electron chi connectivity index (χ3n) is 7.47. The number of esters is 1. The van der Waals surface area contributed by atoms with E-state index in [0.29, 0.717) is 36.6 Å². The van der Waals surface area contributed by atoms with Crippen molar-refractivity contribution in [2.45, 2.75) is 83.8 Å². The van der Waals surface area contributed by atoms with E-state index in [1.807, 2.05) is 39.0 Å². The fraction of sp³-hybridized carbons (Fsp3) is 0.485. The maximum atomic E-state index is 13.7. The van der Waals surface area contributed by atoms with E-state index >= 15 is 0 Å². The fourth-order valence-corrected chi connectivity index (χ4v) is 5.36. The van der Waals surface area contributed by atoms with Crippen LogP contribution >= 0.6 is 0 Å². The molecule has 1 heterocycles. The highest BCUT2D eigenvalue weighted by molar-refractivity contribution is 5.77. The van der Waals surface area contributed by atoms with Crippen molar-refractivity contribution in [2.75, 3.05) is 11.9 Å². The quantitative estimate of drug-likeness (QED) is 0.196. The summed E-state index contributed by atoms with van der Waals surface area (Å²) in [5.41, 5.74) is 1.98. The van der Waals surface area contributed by atoms with Gasteiger partial charge in [-0.2, -0.15) is 0 Å². The van der Waals surface area contributed by atoms with Crippen LogP contribution in [-0.4, -0.2) is 39.2 Å². The zero-order valence-electron chi connectivity index (χ0n) is 24.8. The lowest BCUT2D eigenvalue weighted by Gasteiger charge is -2.29. The van der Waals surface area contributed by atoms with Gasteiger partial charge in [-0.1, -0.05) is 42.5 Å². The van der Waals surface area contributed by atoms with Crippen molar-refractivity contribution >= 4 is 17.8 Å². The standard InChI is InChI=1S/C33H42FN5O3/c1-33(2,3)42-30(41)21-25-13-11-24(12-14-25)20-29(40)37-31(26-15-17-27(34)18-16-26)28-22-36-32(39-38-28)35-19-7-10-23-8-5-4-6-9-23/h4-6,8-9,15-18,22,24-25,31H,7,10-14,19-21H2,1-3H3,(H,37,40)(H,35,36,39). The first-order chi connectivity index (χ1) is 20.1. The Hall–Kier alpha value is -3.88. The monoisotopic (exact) mass is 575 g/mol. The van der Waals surface area contributed by atoms with Crippen LogP contribution in [0.2, 0.25) is 0 Å². The van der Waals surface area contributed by atoms with Gasteiger partial charge in [0.1, 0.15) is 17.1 Å². The molecule has 2 aromatic carbocycles. The second kappa shape index (κ2) is 14.8. The van der Waals surface area contributed by atoms with Crippen LogP contribution in [0.4, 0.5) is 10.3 Å². The molecule has 0 radical (unpaired) electrons. The summed E-state index contributed by atoms with van der Waals surface area (Å²) < 4.78 is 19.1. The summed E-state index contributed by atoms with van der Waals surface area (Å²) in [6.07, 6.45) is 7.83. The van der Waals surface area contributed by atoms with Gasteiger partial charge in [0.25, 0.3) is 0 Å². The molecule has 9 heteroatoms. The number of aryl methyl sites for hydroxylation is 1. The molecule has 1 atom stereocenters. The number of carbonyl (C=O) groups excluding carboxylic acids is 2. The van der Waals surface area contributed by atoms with Gasteiger partial charge in [-0.05, 0) is 94.4 Å². The number of amides is 1. The molecule has 1 aliphatic rings. The van der Waals surface area contributed by atoms with E-state index < -0.39 is 11.6 Å². The van der Waals surface area contributed by atoms with E-state index in [0.717, 1.165) is 38.5 Å². The van der Waals surface area contributed by atoms with Crippen LogP contribution < -0.4 is 10.6 Å². The van der Waals surface area contributed by atoms with Crippen LogP contribution in [0, 0.1) is 17.7 Å². The van der Waals surface area contributed by atoms with Crippen molar-refractivity contribution in [3.63, 3.8) is 0 Å². The van der Waals surface area contributed by atoms with Gasteiger partial charge in [-0.25, -0.2) is 9.37 Å². The molecule has 8 nitrogen and oxygen atoms in total. The maximum absolute atomic E-state index is 13.7. The number of ether oxygens (including phenoxy) is 1. The van der Waals surface area contributed by atoms with Gasteiger partial charge in [0.15, 0.2) is 0 Å². The Morgan fingerprint density at radius 2 is 1.62 bits per heavy atom. The molecular weight excluding hydrogens is 533 g/mol. The molecule has 1 fully saturated rings. The van der Waals surface area contributed by atoms with Gasteiger partial charge in [0.2, 0.25) is 11.9 Å². The Labute approximate surface area is 247 Å². The van der Waals surface area contributed by atoms with Gasteiger partial charge in [0, 0.05) is 19.4 Å². The number of carbonyl (C=O) groups is 2. The molecule has 1 saturated carbocycles. The molecule has 3 aromatic rings. The Morgan fingerprint density at radius 3 is 2.24 bits per heavy atom. The average molecular weight is 576 g/mol. The van der Waals surface area contributed by atoms with Crippen molar-refractivity contribution in [1.82, 2.24) is 20.5 Å². The van der Waals surface area contributed by atoms with E-state index in [1.54, 1.807) is 18.3 Å². The Kier molecular flexibility index (Phi) is 11.0. The van der Waals surface area contributed by atoms with Gasteiger partial charge in [-0.3, -0.25) is 9.59 Å². The summed E-state index contributed by atoms with van der Waals surface area (Å²) in [7, 11) is 0. The number of rotatable bonds is 12. The van der Waals surface area contributed by atoms with Crippen molar-refractivity contribution in [2.24, 2.45) is 11.8 Å². The van der Waals surface area contributed by atoms with Crippen molar-refractivity contribution in [3.05, 3.63) is 83.4 Å². The minimum absolute atomic E-state index is 0.107. The third-order valence-corrected chi connectivity index (χ3v) is 7.47. The predicted molar refractivity (Wildman–Crippen MR) is 160 cm³/mol. The molecule has 42 heavy (non-hydrogen) atoms. The average Bonchev–Trinajstić information content (AvgIpc) is 2.96. The lowest BCUT2D eigenvalue weighted by molar-refractivity contribution is -0.156. The van der Waals surface area contributed by atoms with Crippen LogP contribution in [0.25, 0.3) is 0 Å². The Morgan fingerprint density at radius 1 is 0.952 bits per heavy atom. The zero-order chi connectivity index (χ0) is 30.0. The third kappa shape index (κ3) is 10.2. The zero-order valence-corrected chi connectivity index (χ0v) is 24.8. The fourth-order valence-electron chi connectivity index (χ4n) is 5.36. The molecule has 1 aromatic heterocycles. The van der Waals surface area contributed by atoms with Crippen molar-refractivity contribution in [3.8, 4) is 0 Å². The van der Waals surface area contributed by atoms with E-state index in [2.05, 4.69) is 37.9 Å². The first-order valence-electron chi connectivity index (χ1n) is 14.9. The molecule has 2 N–H and O–H groups in total. The van der Waals surface area contributed by atoms with Gasteiger partial charge in [-0.15, -0.1) is 10.2 Å². The van der Waals surface area contributed by atoms with Crippen LogP contribution in [0.1, 0.15) is 88.6 Å². The molecule has 1 amide bonds. The highest BCUT2D eigenvalue weighted by atomic mass is 19.1. The highest BCUT2D eigenvalue weighted by Gasteiger charge is 2.28. The molecule has 0 saturated heterocycles. The molecule has 4 rings (SSSR count). The number of benzene rings is 2. The SMILES string of the molecule is CC(C)(C)OC(=O)CC1CCC(CC(=O)NC(c2ccc(F)cc2)c2cnc(NCCCc3ccccc3)nn2)CC1. The number of aromatic nitrogens is 3. The molecule has 1 unspecified atom stereocenters. The summed E-state index contributed by atoms with van der Waals surface area (Å²) in [6, 6.07) is 15.7. The number of hydrogen-bond donors (Lipinski definition) is 2. The second-order valence-corrected chi connectivity index (χ2v) is 12.2. The largest absolute Gasteiger partial charge is 0.460 e. The van der Waals surface area contributed by atoms with E-state index in [9.17, 15) is 14.0 Å². The summed E-state index contributed by atoms with van der Waals surface area (Å²) in [6.45, 7) is 6.33. The summed E-state index contributed by atoms with van der Waals surface area (Å²) in [5.74, 6) is 0.322. The normalized spacial score (nSPS) is 17.7. The summed E-state index contributed by atoms with van der Waals surface area (Å²) in [4.78, 5) is 29.8. The van der Waals surface area contributed by atoms with Crippen molar-refractivity contribution in [1.29, 1.82) is 0 Å². The molecule has 0 bridgehead atoms. The number of anilines is 1. The number of hydrogen-bond acceptors (Lipinski definition) is 7. The molecular formula is C33H42FN5O3. The van der Waals surface area contributed by atoms with Crippen LogP contribution in [0.3, 0.4) is 0 Å². The van der Waals surface area contributed by atoms with Crippen LogP contribution in [0.5, 0.6) is 0 Å². The van der Waals surface area contributed by atoms with Crippen molar-refractivity contribution < 1.29 is 18.7 Å². The highest BCUT2D eigenvalue weighted by Crippen LogP contribution is 2.33. The maximum Gasteiger partial charge on any atom is 0.306 e. The number of nitrogens with zero attached hydrogens (tertiary/aromatic N) is 3. The Balaban J connectivity index is 1.30. The molecule has 1 aliphatic carbocycles. The van der Waals surface area contributed by atoms with Gasteiger partial charge < -0.3 is 15.4 Å². The summed E-state index contributed by atoms with van der Waals surface area (Å²) >= 11 is 0. The first kappa shape index (κ1) is 31.1. The second-order valence-electron chi connectivity index (χ2n) is 12.2. The molecule has 224 valence electrons. The first-order valence-corrected chi connectivity index (χ1v) is 14.9. The van der Waals surface area contributed by atoms with Gasteiger partial charge >= 0.3 is 5.97 Å². The Bertz CT molecular complexity index is 1270. The number of nitrogens with one attached hydrogen (secondary N) is 2. The van der Waals surface area contributed by atoms with Crippen LogP contribution in [-0.2, 0) is 20.7 Å². The topological polar surface area (TPSA) is 106 Å². The number of halogens is 1. The van der Waals surface area contributed by atoms with Crippen LogP contribution in [0.15, 0.2) is 60.8 Å². The minimum Gasteiger partial charge on any atom is -0.460 e. The van der Waals surface area contributed by atoms with Gasteiger partial charge in [0.05, 0.1) is 12.2 Å². The summed E-state index contributed by atoms with van der Waals surface area (Å²) in [5, 5.41) is 14.9. The predicted octanol–water partition coefficient (Wildman–Crippen LogP) is 6.19. The van der Waals surface area contributed by atoms with E-state index in [1.165, 1.54) is 17.7 Å². The molecule has 0 aliphatic heterocycles.